The Balaban J connectivity index is 2.30. The Hall–Kier alpha value is -1.96. The first-order valence-electron chi connectivity index (χ1n) is 5.84. The highest BCUT2D eigenvalue weighted by atomic mass is 79.9. The number of rotatable bonds is 4. The van der Waals surface area contributed by atoms with E-state index in [9.17, 15) is 13.2 Å². The Bertz CT molecular complexity index is 634. The van der Waals surface area contributed by atoms with Gasteiger partial charge < -0.3 is 15.4 Å². The molecule has 112 valence electrons. The van der Waals surface area contributed by atoms with Crippen molar-refractivity contribution in [2.24, 2.45) is 0 Å². The van der Waals surface area contributed by atoms with Crippen LogP contribution in [-0.4, -0.2) is 18.4 Å². The first-order valence-corrected chi connectivity index (χ1v) is 6.64. The van der Waals surface area contributed by atoms with Gasteiger partial charge in [0.1, 0.15) is 11.6 Å². The molecule has 1 aromatic heterocycles. The lowest BCUT2D eigenvalue weighted by Crippen LogP contribution is -2.18. The summed E-state index contributed by atoms with van der Waals surface area (Å²) in [4.78, 5) is 4.18. The predicted molar refractivity (Wildman–Crippen MR) is 77.9 cm³/mol. The molecular weight excluding hydrogens is 351 g/mol. The molecule has 0 aliphatic carbocycles. The molecule has 0 radical (unpaired) electrons. The predicted octanol–water partition coefficient (Wildman–Crippen LogP) is 4.53. The first-order chi connectivity index (χ1) is 9.87. The molecule has 0 amide bonds. The summed E-state index contributed by atoms with van der Waals surface area (Å²) >= 11 is 3.11. The number of ether oxygens (including phenoxy) is 1. The normalized spacial score (nSPS) is 11.1. The molecule has 1 aromatic carbocycles. The highest BCUT2D eigenvalue weighted by molar-refractivity contribution is 9.10. The molecule has 0 saturated heterocycles. The third-order valence-corrected chi connectivity index (χ3v) is 2.93. The summed E-state index contributed by atoms with van der Waals surface area (Å²) in [5.41, 5.74) is 0.163. The van der Waals surface area contributed by atoms with Crippen LogP contribution in [0.2, 0.25) is 0 Å². The topological polar surface area (TPSA) is 46.2 Å². The quantitative estimate of drug-likeness (QED) is 0.839. The Morgan fingerprint density at radius 3 is 2.52 bits per heavy atom. The van der Waals surface area contributed by atoms with Gasteiger partial charge in [-0.15, -0.1) is 13.2 Å². The number of anilines is 3. The van der Waals surface area contributed by atoms with E-state index >= 15 is 0 Å². The summed E-state index contributed by atoms with van der Waals surface area (Å²) in [6.07, 6.45) is -4.77. The third-order valence-electron chi connectivity index (χ3n) is 2.44. The monoisotopic (exact) mass is 361 g/mol. The molecule has 0 bridgehead atoms. The zero-order valence-corrected chi connectivity index (χ0v) is 12.4. The fraction of sp³-hybridized carbons (Fsp3) is 0.154. The minimum Gasteiger partial charge on any atom is -0.404 e. The van der Waals surface area contributed by atoms with Crippen LogP contribution >= 0.6 is 15.9 Å². The molecule has 0 aliphatic heterocycles. The van der Waals surface area contributed by atoms with E-state index < -0.39 is 6.36 Å². The zero-order chi connectivity index (χ0) is 15.5. The number of halogens is 4. The summed E-state index contributed by atoms with van der Waals surface area (Å²) in [6, 6.07) is 9.41. The van der Waals surface area contributed by atoms with E-state index in [1.807, 2.05) is 0 Å². The van der Waals surface area contributed by atoms with Crippen LogP contribution in [0.15, 0.2) is 40.9 Å². The largest absolute Gasteiger partial charge is 0.573 e. The fourth-order valence-electron chi connectivity index (χ4n) is 1.59. The maximum Gasteiger partial charge on any atom is 0.573 e. The Morgan fingerprint density at radius 2 is 1.86 bits per heavy atom. The SMILES string of the molecule is CNc1cccc(Nc2ccc(Br)cc2OC(F)(F)F)n1. The minimum absolute atomic E-state index is 0.163. The number of aromatic nitrogens is 1. The number of pyridine rings is 1. The van der Waals surface area contributed by atoms with Gasteiger partial charge in [0.05, 0.1) is 5.69 Å². The van der Waals surface area contributed by atoms with Crippen molar-refractivity contribution in [2.45, 2.75) is 6.36 Å². The number of hydrogen-bond acceptors (Lipinski definition) is 4. The second-order valence-electron chi connectivity index (χ2n) is 3.97. The highest BCUT2D eigenvalue weighted by Gasteiger charge is 2.32. The molecule has 0 unspecified atom stereocenters. The molecule has 21 heavy (non-hydrogen) atoms. The van der Waals surface area contributed by atoms with Gasteiger partial charge in [-0.25, -0.2) is 4.98 Å². The summed E-state index contributed by atoms with van der Waals surface area (Å²) in [5.74, 6) is 0.653. The van der Waals surface area contributed by atoms with E-state index in [0.29, 0.717) is 16.1 Å². The highest BCUT2D eigenvalue weighted by Crippen LogP contribution is 2.34. The molecule has 2 aromatic rings. The molecule has 0 spiro atoms. The van der Waals surface area contributed by atoms with Crippen molar-refractivity contribution >= 4 is 33.3 Å². The van der Waals surface area contributed by atoms with Crippen molar-refractivity contribution in [3.63, 3.8) is 0 Å². The summed E-state index contributed by atoms with van der Waals surface area (Å²) in [6.45, 7) is 0. The van der Waals surface area contributed by atoms with Gasteiger partial charge in [0.2, 0.25) is 0 Å². The molecule has 0 aliphatic rings. The molecule has 0 fully saturated rings. The van der Waals surface area contributed by atoms with Crippen LogP contribution in [0.5, 0.6) is 5.75 Å². The zero-order valence-electron chi connectivity index (χ0n) is 10.8. The molecule has 4 nitrogen and oxygen atoms in total. The maximum absolute atomic E-state index is 12.4. The van der Waals surface area contributed by atoms with E-state index in [4.69, 9.17) is 0 Å². The van der Waals surface area contributed by atoms with Crippen molar-refractivity contribution in [3.05, 3.63) is 40.9 Å². The van der Waals surface area contributed by atoms with Gasteiger partial charge in [0.25, 0.3) is 0 Å². The van der Waals surface area contributed by atoms with Crippen LogP contribution in [0.3, 0.4) is 0 Å². The molecule has 8 heteroatoms. The van der Waals surface area contributed by atoms with Gasteiger partial charge in [-0.2, -0.15) is 0 Å². The van der Waals surface area contributed by atoms with Crippen LogP contribution in [0.4, 0.5) is 30.5 Å². The van der Waals surface area contributed by atoms with E-state index in [-0.39, 0.29) is 11.4 Å². The Labute approximate surface area is 127 Å². The third kappa shape index (κ3) is 4.52. The lowest BCUT2D eigenvalue weighted by atomic mass is 10.3. The smallest absolute Gasteiger partial charge is 0.404 e. The molecule has 0 saturated carbocycles. The number of alkyl halides is 3. The number of hydrogen-bond donors (Lipinski definition) is 2. The second-order valence-corrected chi connectivity index (χ2v) is 4.89. The summed E-state index contributed by atoms with van der Waals surface area (Å²) < 4.78 is 41.7. The van der Waals surface area contributed by atoms with E-state index in [1.165, 1.54) is 12.1 Å². The molecular formula is C13H11BrF3N3O. The Kier molecular flexibility index (Phi) is 4.56. The first kappa shape index (κ1) is 15.4. The molecule has 2 N–H and O–H groups in total. The van der Waals surface area contributed by atoms with Crippen molar-refractivity contribution in [1.82, 2.24) is 4.98 Å². The van der Waals surface area contributed by atoms with Crippen LogP contribution in [-0.2, 0) is 0 Å². The van der Waals surface area contributed by atoms with E-state index in [2.05, 4.69) is 36.3 Å². The standard InChI is InChI=1S/C13H11BrF3N3O/c1-18-11-3-2-4-12(20-11)19-9-6-5-8(14)7-10(9)21-13(15,16)17/h2-7H,1H3,(H2,18,19,20). The molecule has 0 atom stereocenters. The van der Waals surface area contributed by atoms with Gasteiger partial charge in [-0.05, 0) is 30.3 Å². The molecule has 2 rings (SSSR count). The lowest BCUT2D eigenvalue weighted by molar-refractivity contribution is -0.274. The van der Waals surface area contributed by atoms with Gasteiger partial charge in [-0.3, -0.25) is 0 Å². The van der Waals surface area contributed by atoms with Crippen molar-refractivity contribution < 1.29 is 17.9 Å². The second kappa shape index (κ2) is 6.21. The van der Waals surface area contributed by atoms with Crippen LogP contribution in [0, 0.1) is 0 Å². The number of benzene rings is 1. The maximum atomic E-state index is 12.4. The molecule has 1 heterocycles. The van der Waals surface area contributed by atoms with Crippen molar-refractivity contribution in [2.75, 3.05) is 17.7 Å². The average Bonchev–Trinajstić information content (AvgIpc) is 2.40. The van der Waals surface area contributed by atoms with Gasteiger partial charge >= 0.3 is 6.36 Å². The van der Waals surface area contributed by atoms with Crippen LogP contribution < -0.4 is 15.4 Å². The van der Waals surface area contributed by atoms with Gasteiger partial charge in [-0.1, -0.05) is 22.0 Å². The summed E-state index contributed by atoms with van der Waals surface area (Å²) in [7, 11) is 1.70. The lowest BCUT2D eigenvalue weighted by Gasteiger charge is -2.15. The van der Waals surface area contributed by atoms with Gasteiger partial charge in [0.15, 0.2) is 5.75 Å². The van der Waals surface area contributed by atoms with Gasteiger partial charge in [0, 0.05) is 11.5 Å². The number of nitrogens with zero attached hydrogens (tertiary/aromatic N) is 1. The minimum atomic E-state index is -4.77. The summed E-state index contributed by atoms with van der Waals surface area (Å²) in [5, 5.41) is 5.65. The van der Waals surface area contributed by atoms with Crippen LogP contribution in [0.1, 0.15) is 0 Å². The van der Waals surface area contributed by atoms with E-state index in [0.717, 1.165) is 0 Å². The van der Waals surface area contributed by atoms with Crippen molar-refractivity contribution in [1.29, 1.82) is 0 Å². The van der Waals surface area contributed by atoms with Crippen molar-refractivity contribution in [3.8, 4) is 5.75 Å². The number of nitrogens with one attached hydrogen (secondary N) is 2. The Morgan fingerprint density at radius 1 is 1.14 bits per heavy atom. The van der Waals surface area contributed by atoms with Crippen LogP contribution in [0.25, 0.3) is 0 Å². The van der Waals surface area contributed by atoms with E-state index in [1.54, 1.807) is 31.3 Å². The fourth-order valence-corrected chi connectivity index (χ4v) is 1.93. The average molecular weight is 362 g/mol.